The molecular weight excluding hydrogens is 244 g/mol. The van der Waals surface area contributed by atoms with E-state index in [1.165, 1.54) is 0 Å². The number of hydrogen-bond acceptors (Lipinski definition) is 3. The molecule has 0 unspecified atom stereocenters. The number of H-pyrrole nitrogens is 1. The quantitative estimate of drug-likeness (QED) is 0.893. The smallest absolute Gasteiger partial charge is 0.256 e. The van der Waals surface area contributed by atoms with Crippen LogP contribution in [0.4, 0.5) is 0 Å². The lowest BCUT2D eigenvalue weighted by Crippen LogP contribution is -2.40. The fourth-order valence-corrected chi connectivity index (χ4v) is 2.35. The molecule has 1 saturated heterocycles. The third-order valence-electron chi connectivity index (χ3n) is 3.42. The molecule has 0 aliphatic carbocycles. The van der Waals surface area contributed by atoms with E-state index in [9.17, 15) is 4.79 Å². The van der Waals surface area contributed by atoms with Crippen LogP contribution >= 0.6 is 0 Å². The third kappa shape index (κ3) is 2.17. The highest BCUT2D eigenvalue weighted by Gasteiger charge is 2.21. The highest BCUT2D eigenvalue weighted by atomic mass is 16.5. The first-order valence-corrected chi connectivity index (χ1v) is 6.32. The van der Waals surface area contributed by atoms with Crippen LogP contribution in [0, 0.1) is 0 Å². The molecule has 0 radical (unpaired) electrons. The van der Waals surface area contributed by atoms with Crippen molar-refractivity contribution < 1.29 is 14.3 Å². The number of amides is 1. The van der Waals surface area contributed by atoms with Crippen LogP contribution in [-0.2, 0) is 4.74 Å². The Balaban J connectivity index is 1.93. The van der Waals surface area contributed by atoms with Crippen molar-refractivity contribution in [2.75, 3.05) is 33.4 Å². The van der Waals surface area contributed by atoms with Crippen LogP contribution in [0.3, 0.4) is 0 Å². The summed E-state index contributed by atoms with van der Waals surface area (Å²) in [5.74, 6) is 0.833. The molecule has 0 spiro atoms. The number of ether oxygens (including phenoxy) is 2. The Morgan fingerprint density at radius 1 is 1.37 bits per heavy atom. The predicted molar refractivity (Wildman–Crippen MR) is 71.6 cm³/mol. The van der Waals surface area contributed by atoms with Gasteiger partial charge in [-0.3, -0.25) is 4.79 Å². The lowest BCUT2D eigenvalue weighted by molar-refractivity contribution is 0.0304. The van der Waals surface area contributed by atoms with Gasteiger partial charge in [0.25, 0.3) is 5.91 Å². The standard InChI is InChI=1S/C14H16N2O3/c1-18-10-2-3-11-12(9-15-13(11)8-10)14(17)16-4-6-19-7-5-16/h2-3,8-9,15H,4-7H2,1H3. The number of benzene rings is 1. The first-order valence-electron chi connectivity index (χ1n) is 6.32. The first kappa shape index (κ1) is 12.0. The van der Waals surface area contributed by atoms with Gasteiger partial charge in [0.15, 0.2) is 0 Å². The summed E-state index contributed by atoms with van der Waals surface area (Å²) in [6.07, 6.45) is 1.77. The van der Waals surface area contributed by atoms with Crippen molar-refractivity contribution in [3.05, 3.63) is 30.0 Å². The van der Waals surface area contributed by atoms with Crippen molar-refractivity contribution in [3.63, 3.8) is 0 Å². The number of morpholine rings is 1. The summed E-state index contributed by atoms with van der Waals surface area (Å²) in [5.41, 5.74) is 1.62. The van der Waals surface area contributed by atoms with E-state index >= 15 is 0 Å². The fraction of sp³-hybridized carbons (Fsp3) is 0.357. The van der Waals surface area contributed by atoms with E-state index in [0.717, 1.165) is 16.7 Å². The largest absolute Gasteiger partial charge is 0.497 e. The van der Waals surface area contributed by atoms with E-state index in [-0.39, 0.29) is 5.91 Å². The zero-order valence-electron chi connectivity index (χ0n) is 10.8. The van der Waals surface area contributed by atoms with Gasteiger partial charge < -0.3 is 19.4 Å². The molecule has 1 aromatic carbocycles. The molecule has 1 aromatic heterocycles. The summed E-state index contributed by atoms with van der Waals surface area (Å²) in [6, 6.07) is 5.68. The first-order chi connectivity index (χ1) is 9.29. The van der Waals surface area contributed by atoms with Crippen LogP contribution in [0.1, 0.15) is 10.4 Å². The molecule has 0 bridgehead atoms. The van der Waals surface area contributed by atoms with Gasteiger partial charge in [0.1, 0.15) is 5.75 Å². The molecule has 5 nitrogen and oxygen atoms in total. The van der Waals surface area contributed by atoms with Crippen molar-refractivity contribution >= 4 is 16.8 Å². The molecule has 19 heavy (non-hydrogen) atoms. The molecule has 1 amide bonds. The van der Waals surface area contributed by atoms with Crippen LogP contribution in [0.25, 0.3) is 10.9 Å². The van der Waals surface area contributed by atoms with Crippen molar-refractivity contribution in [2.24, 2.45) is 0 Å². The van der Waals surface area contributed by atoms with Crippen molar-refractivity contribution in [1.82, 2.24) is 9.88 Å². The molecule has 2 aromatic rings. The van der Waals surface area contributed by atoms with Crippen molar-refractivity contribution in [2.45, 2.75) is 0 Å². The Hall–Kier alpha value is -2.01. The van der Waals surface area contributed by atoms with Gasteiger partial charge in [0, 0.05) is 36.3 Å². The van der Waals surface area contributed by atoms with Crippen LogP contribution < -0.4 is 4.74 Å². The normalized spacial score (nSPS) is 15.7. The Morgan fingerprint density at radius 2 is 2.16 bits per heavy atom. The molecule has 1 aliphatic heterocycles. The summed E-state index contributed by atoms with van der Waals surface area (Å²) in [4.78, 5) is 17.4. The molecule has 100 valence electrons. The zero-order valence-corrected chi connectivity index (χ0v) is 10.8. The number of aromatic amines is 1. The number of hydrogen-bond donors (Lipinski definition) is 1. The second-order valence-electron chi connectivity index (χ2n) is 4.52. The third-order valence-corrected chi connectivity index (χ3v) is 3.42. The van der Waals surface area contributed by atoms with Gasteiger partial charge in [-0.2, -0.15) is 0 Å². The summed E-state index contributed by atoms with van der Waals surface area (Å²) < 4.78 is 10.4. The van der Waals surface area contributed by atoms with Gasteiger partial charge in [0.05, 0.1) is 25.9 Å². The van der Waals surface area contributed by atoms with Gasteiger partial charge >= 0.3 is 0 Å². The number of fused-ring (bicyclic) bond motifs is 1. The topological polar surface area (TPSA) is 54.6 Å². The Bertz CT molecular complexity index is 600. The van der Waals surface area contributed by atoms with Crippen LogP contribution in [-0.4, -0.2) is 49.2 Å². The lowest BCUT2D eigenvalue weighted by Gasteiger charge is -2.26. The minimum absolute atomic E-state index is 0.0553. The maximum atomic E-state index is 12.4. The molecule has 3 rings (SSSR count). The Kier molecular flexibility index (Phi) is 3.13. The van der Waals surface area contributed by atoms with Crippen LogP contribution in [0.15, 0.2) is 24.4 Å². The fourth-order valence-electron chi connectivity index (χ4n) is 2.35. The average molecular weight is 260 g/mol. The van der Waals surface area contributed by atoms with Gasteiger partial charge in [-0.15, -0.1) is 0 Å². The number of methoxy groups -OCH3 is 1. The SMILES string of the molecule is COc1ccc2c(C(=O)N3CCOCC3)c[nH]c2c1. The monoisotopic (exact) mass is 260 g/mol. The molecule has 1 N–H and O–H groups in total. The summed E-state index contributed by atoms with van der Waals surface area (Å²) >= 11 is 0. The minimum atomic E-state index is 0.0553. The Labute approximate surface area is 111 Å². The van der Waals surface area contributed by atoms with Gasteiger partial charge in [-0.1, -0.05) is 0 Å². The Morgan fingerprint density at radius 3 is 2.89 bits per heavy atom. The van der Waals surface area contributed by atoms with E-state index in [1.54, 1.807) is 13.3 Å². The zero-order chi connectivity index (χ0) is 13.2. The number of rotatable bonds is 2. The minimum Gasteiger partial charge on any atom is -0.497 e. The molecule has 0 atom stereocenters. The molecule has 1 aliphatic rings. The number of carbonyl (C=O) groups is 1. The van der Waals surface area contributed by atoms with Gasteiger partial charge in [-0.25, -0.2) is 0 Å². The number of nitrogens with one attached hydrogen (secondary N) is 1. The number of nitrogens with zero attached hydrogens (tertiary/aromatic N) is 1. The maximum absolute atomic E-state index is 12.4. The van der Waals surface area contributed by atoms with Crippen molar-refractivity contribution in [1.29, 1.82) is 0 Å². The highest BCUT2D eigenvalue weighted by molar-refractivity contribution is 6.07. The van der Waals surface area contributed by atoms with E-state index in [4.69, 9.17) is 9.47 Å². The maximum Gasteiger partial charge on any atom is 0.256 e. The second-order valence-corrected chi connectivity index (χ2v) is 4.52. The average Bonchev–Trinajstić information content (AvgIpc) is 2.90. The molecule has 1 fully saturated rings. The lowest BCUT2D eigenvalue weighted by atomic mass is 10.1. The molecule has 0 saturated carbocycles. The molecule has 5 heteroatoms. The van der Waals surface area contributed by atoms with E-state index in [1.807, 2.05) is 23.1 Å². The van der Waals surface area contributed by atoms with E-state index in [0.29, 0.717) is 31.9 Å². The molecular formula is C14H16N2O3. The number of aromatic nitrogens is 1. The second kappa shape index (κ2) is 4.93. The predicted octanol–water partition coefficient (Wildman–Crippen LogP) is 1.65. The summed E-state index contributed by atoms with van der Waals surface area (Å²) in [5, 5.41) is 0.928. The van der Waals surface area contributed by atoms with E-state index < -0.39 is 0 Å². The number of carbonyl (C=O) groups excluding carboxylic acids is 1. The van der Waals surface area contributed by atoms with E-state index in [2.05, 4.69) is 4.98 Å². The summed E-state index contributed by atoms with van der Waals surface area (Å²) in [7, 11) is 1.63. The van der Waals surface area contributed by atoms with Gasteiger partial charge in [0.2, 0.25) is 0 Å². The van der Waals surface area contributed by atoms with Crippen LogP contribution in [0.2, 0.25) is 0 Å². The van der Waals surface area contributed by atoms with Crippen LogP contribution in [0.5, 0.6) is 5.75 Å². The summed E-state index contributed by atoms with van der Waals surface area (Å²) in [6.45, 7) is 2.53. The van der Waals surface area contributed by atoms with Gasteiger partial charge in [-0.05, 0) is 12.1 Å². The van der Waals surface area contributed by atoms with Crippen molar-refractivity contribution in [3.8, 4) is 5.75 Å². The molecule has 2 heterocycles. The highest BCUT2D eigenvalue weighted by Crippen LogP contribution is 2.24.